The lowest BCUT2D eigenvalue weighted by molar-refractivity contribution is -0.111. The molecule has 2 aliphatic carbocycles. The van der Waals surface area contributed by atoms with Crippen molar-refractivity contribution in [2.24, 2.45) is 0 Å². The number of ether oxygens (including phenoxy) is 2. The van der Waals surface area contributed by atoms with Crippen LogP contribution in [0.1, 0.15) is 64.2 Å². The Morgan fingerprint density at radius 2 is 1.00 bits per heavy atom. The van der Waals surface area contributed by atoms with Crippen LogP contribution in [0.4, 0.5) is 0 Å². The van der Waals surface area contributed by atoms with E-state index < -0.39 is 0 Å². The summed E-state index contributed by atoms with van der Waals surface area (Å²) in [6.07, 6.45) is 12.8. The van der Waals surface area contributed by atoms with Crippen LogP contribution in [-0.4, -0.2) is 31.3 Å². The molecule has 0 radical (unpaired) electrons. The molecule has 4 aliphatic rings. The lowest BCUT2D eigenvalue weighted by Gasteiger charge is -2.35. The van der Waals surface area contributed by atoms with Crippen LogP contribution in [0, 0.1) is 0 Å². The SMILES string of the molecule is ICC12CC3(CCCC3)OC1(CI)CC1(CCCC1)O2. The summed E-state index contributed by atoms with van der Waals surface area (Å²) in [5.41, 5.74) is 0.333. The van der Waals surface area contributed by atoms with E-state index in [1.165, 1.54) is 51.4 Å². The van der Waals surface area contributed by atoms with Crippen molar-refractivity contribution in [1.82, 2.24) is 0 Å². The highest BCUT2D eigenvalue weighted by Crippen LogP contribution is 2.64. The molecule has 0 bridgehead atoms. The maximum Gasteiger partial charge on any atom is 0.110 e. The van der Waals surface area contributed by atoms with Crippen LogP contribution in [0.3, 0.4) is 0 Å². The van der Waals surface area contributed by atoms with E-state index in [-0.39, 0.29) is 22.4 Å². The molecule has 2 atom stereocenters. The molecule has 2 saturated heterocycles. The average Bonchev–Trinajstić information content (AvgIpc) is 3.16. The molecule has 20 heavy (non-hydrogen) atoms. The predicted molar refractivity (Wildman–Crippen MR) is 97.0 cm³/mol. The molecular formula is C16H24I2O2. The quantitative estimate of drug-likeness (QED) is 0.399. The van der Waals surface area contributed by atoms with Gasteiger partial charge in [0, 0.05) is 21.7 Å². The number of hydrogen-bond acceptors (Lipinski definition) is 2. The predicted octanol–water partition coefficient (Wildman–Crippen LogP) is 4.80. The molecule has 0 amide bonds. The number of hydrogen-bond donors (Lipinski definition) is 0. The molecule has 4 rings (SSSR count). The molecule has 4 heteroatoms. The van der Waals surface area contributed by atoms with Crippen molar-refractivity contribution in [3.05, 3.63) is 0 Å². The average molecular weight is 502 g/mol. The van der Waals surface area contributed by atoms with Gasteiger partial charge in [0.25, 0.3) is 0 Å². The highest BCUT2D eigenvalue weighted by Gasteiger charge is 2.72. The Labute approximate surface area is 149 Å². The Morgan fingerprint density at radius 3 is 1.30 bits per heavy atom. The summed E-state index contributed by atoms with van der Waals surface area (Å²) in [5, 5.41) is 0. The molecule has 2 nitrogen and oxygen atoms in total. The summed E-state index contributed by atoms with van der Waals surface area (Å²) in [7, 11) is 0. The zero-order chi connectivity index (χ0) is 13.9. The van der Waals surface area contributed by atoms with Crippen molar-refractivity contribution < 1.29 is 9.47 Å². The van der Waals surface area contributed by atoms with Crippen molar-refractivity contribution in [2.45, 2.75) is 86.6 Å². The van der Waals surface area contributed by atoms with Gasteiger partial charge in [-0.3, -0.25) is 0 Å². The summed E-state index contributed by atoms with van der Waals surface area (Å²) >= 11 is 5.12. The van der Waals surface area contributed by atoms with Crippen LogP contribution in [0.15, 0.2) is 0 Å². The standard InChI is InChI=1S/C16H24I2O2/c17-11-15-9-13(5-1-2-6-13)19-16(15,12-18)10-14(20-15)7-3-4-8-14/h1-12H2. The molecule has 0 aromatic rings. The van der Waals surface area contributed by atoms with Crippen LogP contribution in [-0.2, 0) is 9.47 Å². The van der Waals surface area contributed by atoms with Gasteiger partial charge in [0.05, 0.1) is 11.2 Å². The highest BCUT2D eigenvalue weighted by molar-refractivity contribution is 14.1. The van der Waals surface area contributed by atoms with E-state index in [4.69, 9.17) is 9.47 Å². The van der Waals surface area contributed by atoms with Gasteiger partial charge in [-0.1, -0.05) is 70.9 Å². The molecule has 0 aromatic carbocycles. The third kappa shape index (κ3) is 1.92. The van der Waals surface area contributed by atoms with Gasteiger partial charge in [0.15, 0.2) is 0 Å². The number of alkyl halides is 2. The molecule has 4 fully saturated rings. The van der Waals surface area contributed by atoms with Gasteiger partial charge in [-0.05, 0) is 25.7 Å². The van der Waals surface area contributed by atoms with Gasteiger partial charge < -0.3 is 9.47 Å². The first-order valence-corrected chi connectivity index (χ1v) is 11.2. The van der Waals surface area contributed by atoms with Gasteiger partial charge in [-0.15, -0.1) is 0 Å². The summed E-state index contributed by atoms with van der Waals surface area (Å²) in [4.78, 5) is 0. The van der Waals surface area contributed by atoms with E-state index in [0.717, 1.165) is 21.7 Å². The van der Waals surface area contributed by atoms with E-state index in [1.807, 2.05) is 0 Å². The minimum atomic E-state index is 0.00340. The monoisotopic (exact) mass is 502 g/mol. The van der Waals surface area contributed by atoms with Crippen LogP contribution in [0.25, 0.3) is 0 Å². The Hall–Kier alpha value is 1.38. The molecular weight excluding hydrogens is 478 g/mol. The Balaban J connectivity index is 1.71. The Morgan fingerprint density at radius 1 is 0.650 bits per heavy atom. The van der Waals surface area contributed by atoms with Crippen LogP contribution >= 0.6 is 45.2 Å². The summed E-state index contributed by atoms with van der Waals surface area (Å²) in [6, 6.07) is 0. The fraction of sp³-hybridized carbons (Fsp3) is 1.00. The third-order valence-corrected chi connectivity index (χ3v) is 8.80. The van der Waals surface area contributed by atoms with E-state index in [9.17, 15) is 0 Å². The first kappa shape index (κ1) is 14.9. The van der Waals surface area contributed by atoms with E-state index in [2.05, 4.69) is 45.2 Å². The van der Waals surface area contributed by atoms with E-state index in [1.54, 1.807) is 0 Å². The molecule has 0 N–H and O–H groups in total. The van der Waals surface area contributed by atoms with Crippen molar-refractivity contribution in [3.8, 4) is 0 Å². The first-order valence-electron chi connectivity index (χ1n) is 8.14. The third-order valence-electron chi connectivity index (χ3n) is 6.33. The van der Waals surface area contributed by atoms with Crippen molar-refractivity contribution in [3.63, 3.8) is 0 Å². The molecule has 2 heterocycles. The molecule has 2 spiro atoms. The smallest absolute Gasteiger partial charge is 0.110 e. The Bertz CT molecular complexity index is 343. The Kier molecular flexibility index (Phi) is 3.69. The molecule has 2 aliphatic heterocycles. The first-order chi connectivity index (χ1) is 9.61. The minimum Gasteiger partial charge on any atom is -0.364 e. The molecule has 114 valence electrons. The number of fused-ring (bicyclic) bond motifs is 1. The summed E-state index contributed by atoms with van der Waals surface area (Å²) < 4.78 is 16.0. The van der Waals surface area contributed by atoms with Gasteiger partial charge in [-0.2, -0.15) is 0 Å². The minimum absolute atomic E-state index is 0.00340. The zero-order valence-corrected chi connectivity index (χ0v) is 16.4. The number of halogens is 2. The second-order valence-corrected chi connectivity index (χ2v) is 9.12. The molecule has 2 saturated carbocycles. The highest BCUT2D eigenvalue weighted by atomic mass is 127. The number of rotatable bonds is 2. The summed E-state index contributed by atoms with van der Waals surface area (Å²) in [5.74, 6) is 0. The van der Waals surface area contributed by atoms with E-state index in [0.29, 0.717) is 0 Å². The maximum atomic E-state index is 6.91. The largest absolute Gasteiger partial charge is 0.364 e. The topological polar surface area (TPSA) is 18.5 Å². The van der Waals surface area contributed by atoms with Crippen molar-refractivity contribution in [1.29, 1.82) is 0 Å². The van der Waals surface area contributed by atoms with Crippen molar-refractivity contribution in [2.75, 3.05) is 8.86 Å². The fourth-order valence-corrected chi connectivity index (χ4v) is 7.75. The maximum absolute atomic E-state index is 6.91. The normalized spacial score (nSPS) is 44.7. The van der Waals surface area contributed by atoms with Crippen LogP contribution in [0.5, 0.6) is 0 Å². The summed E-state index contributed by atoms with van der Waals surface area (Å²) in [6.45, 7) is 0. The lowest BCUT2D eigenvalue weighted by Crippen LogP contribution is -2.50. The van der Waals surface area contributed by atoms with Gasteiger partial charge in [0.2, 0.25) is 0 Å². The van der Waals surface area contributed by atoms with Gasteiger partial charge >= 0.3 is 0 Å². The fourth-order valence-electron chi connectivity index (χ4n) is 5.51. The zero-order valence-electron chi connectivity index (χ0n) is 12.1. The van der Waals surface area contributed by atoms with E-state index >= 15 is 0 Å². The molecule has 2 unspecified atom stereocenters. The van der Waals surface area contributed by atoms with Crippen LogP contribution in [0.2, 0.25) is 0 Å². The van der Waals surface area contributed by atoms with Gasteiger partial charge in [0.1, 0.15) is 11.2 Å². The van der Waals surface area contributed by atoms with Crippen LogP contribution < -0.4 is 0 Å². The second-order valence-electron chi connectivity index (χ2n) is 7.59. The second kappa shape index (κ2) is 4.94. The lowest BCUT2D eigenvalue weighted by atomic mass is 9.80. The van der Waals surface area contributed by atoms with Crippen molar-refractivity contribution >= 4 is 45.2 Å². The molecule has 0 aromatic heterocycles. The van der Waals surface area contributed by atoms with Gasteiger partial charge in [-0.25, -0.2) is 0 Å².